The van der Waals surface area contributed by atoms with Crippen molar-refractivity contribution in [2.75, 3.05) is 13.1 Å². The van der Waals surface area contributed by atoms with Crippen molar-refractivity contribution in [3.05, 3.63) is 80.0 Å². The van der Waals surface area contributed by atoms with E-state index in [1.54, 1.807) is 0 Å². The molecule has 0 unspecified atom stereocenters. The van der Waals surface area contributed by atoms with Crippen molar-refractivity contribution in [3.8, 4) is 11.5 Å². The van der Waals surface area contributed by atoms with Gasteiger partial charge in [-0.15, -0.1) is 0 Å². The maximum atomic E-state index is 12.5. The third-order valence-corrected chi connectivity index (χ3v) is 5.94. The summed E-state index contributed by atoms with van der Waals surface area (Å²) in [5.74, 6) is 0.338. The first-order chi connectivity index (χ1) is 15.5. The molecule has 0 fully saturated rings. The van der Waals surface area contributed by atoms with E-state index in [-0.39, 0.29) is 5.69 Å². The van der Waals surface area contributed by atoms with E-state index in [1.165, 1.54) is 5.56 Å². The molecule has 7 nitrogen and oxygen atoms in total. The van der Waals surface area contributed by atoms with E-state index in [9.17, 15) is 9.59 Å². The second kappa shape index (κ2) is 9.44. The molecule has 7 heteroatoms. The molecule has 0 saturated heterocycles. The molecule has 0 aromatic heterocycles. The standard InChI is InChI=1S/C25H29N5O2/c1-4-5-11-29(16-19-9-7-6-8-10-19)12-13-30-21-15-18(3)17(2)14-20(21)26-22-23(30)27-25(32)28-24(22)31/h6-10,14-15H,4-5,11-13,16H2,1-3H3,(H,28,31,32). The summed E-state index contributed by atoms with van der Waals surface area (Å²) in [7, 11) is 0. The van der Waals surface area contributed by atoms with Crippen molar-refractivity contribution < 1.29 is 0 Å². The third-order valence-electron chi connectivity index (χ3n) is 5.94. The lowest BCUT2D eigenvalue weighted by Gasteiger charge is -2.25. The number of hydrogen-bond donors (Lipinski definition) is 1. The van der Waals surface area contributed by atoms with Crippen LogP contribution in [-0.2, 0) is 13.1 Å². The Hall–Kier alpha value is -3.32. The highest BCUT2D eigenvalue weighted by molar-refractivity contribution is 5.81. The van der Waals surface area contributed by atoms with Crippen molar-refractivity contribution in [3.63, 3.8) is 0 Å². The molecule has 2 aromatic carbocycles. The van der Waals surface area contributed by atoms with Crippen LogP contribution in [0.1, 0.15) is 36.5 Å². The van der Waals surface area contributed by atoms with Crippen molar-refractivity contribution in [2.45, 2.75) is 46.7 Å². The van der Waals surface area contributed by atoms with E-state index in [0.29, 0.717) is 12.4 Å². The Morgan fingerprint density at radius 1 is 1.00 bits per heavy atom. The summed E-state index contributed by atoms with van der Waals surface area (Å²) < 4.78 is 1.98. The van der Waals surface area contributed by atoms with E-state index in [1.807, 2.05) is 23.6 Å². The summed E-state index contributed by atoms with van der Waals surface area (Å²) in [5.41, 5.74) is 4.17. The maximum absolute atomic E-state index is 12.5. The van der Waals surface area contributed by atoms with Gasteiger partial charge in [-0.2, -0.15) is 4.98 Å². The van der Waals surface area contributed by atoms with E-state index in [0.717, 1.165) is 54.6 Å². The second-order valence-corrected chi connectivity index (χ2v) is 8.35. The van der Waals surface area contributed by atoms with Gasteiger partial charge in [0.1, 0.15) is 0 Å². The molecule has 0 aliphatic carbocycles. The minimum Gasteiger partial charge on any atom is -0.321 e. The van der Waals surface area contributed by atoms with Crippen molar-refractivity contribution in [2.24, 2.45) is 0 Å². The molecule has 0 amide bonds. The molecule has 2 aromatic rings. The SMILES string of the molecule is CCCCN(CCn1c2nc(=O)[nH]c(=O)c-2nc2cc(C)c(C)cc21)Cc1ccccc1. The summed E-state index contributed by atoms with van der Waals surface area (Å²) in [6.45, 7) is 9.47. The molecule has 0 atom stereocenters. The smallest absolute Gasteiger partial charge is 0.321 e. The normalized spacial score (nSPS) is 11.6. The van der Waals surface area contributed by atoms with Crippen LogP contribution in [0, 0.1) is 13.8 Å². The Balaban J connectivity index is 1.76. The topological polar surface area (TPSA) is 83.9 Å². The number of benzene rings is 2. The molecule has 0 saturated carbocycles. The molecule has 32 heavy (non-hydrogen) atoms. The predicted molar refractivity (Wildman–Crippen MR) is 127 cm³/mol. The fourth-order valence-corrected chi connectivity index (χ4v) is 4.01. The van der Waals surface area contributed by atoms with E-state index < -0.39 is 11.2 Å². The van der Waals surface area contributed by atoms with Crippen LogP contribution in [0.5, 0.6) is 0 Å². The van der Waals surface area contributed by atoms with Gasteiger partial charge in [-0.05, 0) is 55.6 Å². The first-order valence-corrected chi connectivity index (χ1v) is 11.1. The number of H-pyrrole nitrogens is 1. The zero-order valence-corrected chi connectivity index (χ0v) is 18.9. The van der Waals surface area contributed by atoms with Crippen molar-refractivity contribution in [1.29, 1.82) is 0 Å². The number of nitrogens with one attached hydrogen (secondary N) is 1. The van der Waals surface area contributed by atoms with Gasteiger partial charge in [0.2, 0.25) is 0 Å². The number of aryl methyl sites for hydroxylation is 2. The molecule has 0 radical (unpaired) electrons. The molecule has 1 N–H and O–H groups in total. The number of fused-ring (bicyclic) bond motifs is 2. The number of nitrogens with zero attached hydrogens (tertiary/aromatic N) is 4. The van der Waals surface area contributed by atoms with Crippen LogP contribution >= 0.6 is 0 Å². The van der Waals surface area contributed by atoms with Gasteiger partial charge in [0, 0.05) is 19.6 Å². The first kappa shape index (κ1) is 21.9. The lowest BCUT2D eigenvalue weighted by molar-refractivity contribution is 0.251. The molecule has 0 bridgehead atoms. The molecule has 166 valence electrons. The van der Waals surface area contributed by atoms with Crippen LogP contribution in [0.15, 0.2) is 52.1 Å². The van der Waals surface area contributed by atoms with Crippen LogP contribution in [-0.4, -0.2) is 37.5 Å². The third kappa shape index (κ3) is 4.62. The highest BCUT2D eigenvalue weighted by Gasteiger charge is 2.20. The highest BCUT2D eigenvalue weighted by Crippen LogP contribution is 2.24. The van der Waals surface area contributed by atoms with Gasteiger partial charge in [-0.3, -0.25) is 14.7 Å². The molecule has 2 aliphatic rings. The fourth-order valence-electron chi connectivity index (χ4n) is 4.01. The highest BCUT2D eigenvalue weighted by atomic mass is 16.2. The second-order valence-electron chi connectivity index (χ2n) is 8.35. The number of aromatic amines is 1. The molecule has 4 rings (SSSR count). The van der Waals surface area contributed by atoms with Crippen LogP contribution in [0.3, 0.4) is 0 Å². The number of rotatable bonds is 8. The van der Waals surface area contributed by atoms with Gasteiger partial charge < -0.3 is 4.57 Å². The Morgan fingerprint density at radius 2 is 1.75 bits per heavy atom. The molecular formula is C25H29N5O2. The van der Waals surface area contributed by atoms with Crippen LogP contribution in [0.25, 0.3) is 22.6 Å². The summed E-state index contributed by atoms with van der Waals surface area (Å²) in [4.78, 5) is 37.8. The van der Waals surface area contributed by atoms with E-state index >= 15 is 0 Å². The molecule has 2 heterocycles. The molecule has 2 aliphatic heterocycles. The number of unbranched alkanes of at least 4 members (excludes halogenated alkanes) is 1. The zero-order valence-electron chi connectivity index (χ0n) is 18.9. The monoisotopic (exact) mass is 431 g/mol. The van der Waals surface area contributed by atoms with Crippen LogP contribution < -0.4 is 11.2 Å². The van der Waals surface area contributed by atoms with Crippen LogP contribution in [0.2, 0.25) is 0 Å². The number of aromatic nitrogens is 4. The Kier molecular flexibility index (Phi) is 6.46. The first-order valence-electron chi connectivity index (χ1n) is 11.1. The van der Waals surface area contributed by atoms with Gasteiger partial charge in [0.05, 0.1) is 11.0 Å². The Bertz CT molecular complexity index is 1310. The average molecular weight is 432 g/mol. The lowest BCUT2D eigenvalue weighted by atomic mass is 10.1. The van der Waals surface area contributed by atoms with E-state index in [4.69, 9.17) is 0 Å². The minimum absolute atomic E-state index is 0.198. The minimum atomic E-state index is -0.645. The van der Waals surface area contributed by atoms with Gasteiger partial charge in [-0.1, -0.05) is 43.7 Å². The molecular weight excluding hydrogens is 402 g/mol. The quantitative estimate of drug-likeness (QED) is 0.432. The maximum Gasteiger partial charge on any atom is 0.349 e. The largest absolute Gasteiger partial charge is 0.349 e. The summed E-state index contributed by atoms with van der Waals surface area (Å²) >= 11 is 0. The van der Waals surface area contributed by atoms with Crippen molar-refractivity contribution in [1.82, 2.24) is 24.4 Å². The summed E-state index contributed by atoms with van der Waals surface area (Å²) in [5, 5.41) is 0. The average Bonchev–Trinajstić information content (AvgIpc) is 2.77. The van der Waals surface area contributed by atoms with Crippen LogP contribution in [0.4, 0.5) is 0 Å². The van der Waals surface area contributed by atoms with Gasteiger partial charge in [-0.25, -0.2) is 9.78 Å². The number of hydrogen-bond acceptors (Lipinski definition) is 5. The predicted octanol–water partition coefficient (Wildman–Crippen LogP) is 3.50. The summed E-state index contributed by atoms with van der Waals surface area (Å²) in [6.07, 6.45) is 2.23. The summed E-state index contributed by atoms with van der Waals surface area (Å²) in [6, 6.07) is 14.5. The Labute approximate surface area is 187 Å². The fraction of sp³-hybridized carbons (Fsp3) is 0.360. The van der Waals surface area contributed by atoms with E-state index in [2.05, 4.69) is 64.0 Å². The Morgan fingerprint density at radius 3 is 2.50 bits per heavy atom. The van der Waals surface area contributed by atoms with Crippen molar-refractivity contribution >= 4 is 11.0 Å². The lowest BCUT2D eigenvalue weighted by Crippen LogP contribution is -2.32. The van der Waals surface area contributed by atoms with Gasteiger partial charge in [0.15, 0.2) is 11.5 Å². The molecule has 0 spiro atoms. The van der Waals surface area contributed by atoms with Gasteiger partial charge in [0.25, 0.3) is 5.56 Å². The zero-order chi connectivity index (χ0) is 22.7. The van der Waals surface area contributed by atoms with Gasteiger partial charge >= 0.3 is 5.69 Å².